The molecule has 0 spiro atoms. The Balaban J connectivity index is 1.52. The smallest absolute Gasteiger partial charge is 0.129 e. The zero-order valence-electron chi connectivity index (χ0n) is 14.3. The Morgan fingerprint density at radius 2 is 2.00 bits per heavy atom. The zero-order valence-corrected chi connectivity index (χ0v) is 14.3. The first kappa shape index (κ1) is 15.7. The molecule has 2 aliphatic heterocycles. The summed E-state index contributed by atoms with van der Waals surface area (Å²) in [6.07, 6.45) is 2.51. The predicted octanol–water partition coefficient (Wildman–Crippen LogP) is 2.54. The van der Waals surface area contributed by atoms with Crippen LogP contribution >= 0.6 is 0 Å². The summed E-state index contributed by atoms with van der Waals surface area (Å²) in [5, 5.41) is 1.12. The number of pyridine rings is 1. The van der Waals surface area contributed by atoms with Gasteiger partial charge in [0, 0.05) is 37.6 Å². The lowest BCUT2D eigenvalue weighted by molar-refractivity contribution is 0.0137. The minimum Gasteiger partial charge on any atom is -0.497 e. The average molecular weight is 327 g/mol. The molecule has 0 radical (unpaired) electrons. The number of methoxy groups -OCH3 is 1. The van der Waals surface area contributed by atoms with Crippen LogP contribution in [-0.4, -0.2) is 62.4 Å². The molecule has 5 nitrogen and oxygen atoms in total. The van der Waals surface area contributed by atoms with E-state index in [-0.39, 0.29) is 0 Å². The van der Waals surface area contributed by atoms with Crippen LogP contribution in [0.15, 0.2) is 30.3 Å². The lowest BCUT2D eigenvalue weighted by atomic mass is 10.0. The van der Waals surface area contributed by atoms with Gasteiger partial charge in [-0.15, -0.1) is 0 Å². The molecule has 4 rings (SSSR count). The topological polar surface area (TPSA) is 37.8 Å². The van der Waals surface area contributed by atoms with Gasteiger partial charge >= 0.3 is 0 Å². The SMILES string of the molecule is COc1ccc2nc(N3CCCC(N4CCOCC4)C3)ccc2c1. The third-order valence-corrected chi connectivity index (χ3v) is 5.16. The van der Waals surface area contributed by atoms with Gasteiger partial charge in [0.2, 0.25) is 0 Å². The van der Waals surface area contributed by atoms with Crippen LogP contribution in [0.4, 0.5) is 5.82 Å². The molecule has 1 aromatic carbocycles. The maximum absolute atomic E-state index is 5.49. The van der Waals surface area contributed by atoms with Crippen molar-refractivity contribution in [1.29, 1.82) is 0 Å². The first-order chi connectivity index (χ1) is 11.8. The summed E-state index contributed by atoms with van der Waals surface area (Å²) in [6, 6.07) is 11.0. The Hall–Kier alpha value is -1.85. The van der Waals surface area contributed by atoms with Crippen LogP contribution in [0.5, 0.6) is 5.75 Å². The highest BCUT2D eigenvalue weighted by Gasteiger charge is 2.27. The Morgan fingerprint density at radius 1 is 1.12 bits per heavy atom. The summed E-state index contributed by atoms with van der Waals surface area (Å²) in [5.74, 6) is 1.97. The number of aromatic nitrogens is 1. The molecule has 128 valence electrons. The largest absolute Gasteiger partial charge is 0.497 e. The third-order valence-electron chi connectivity index (χ3n) is 5.16. The third kappa shape index (κ3) is 3.19. The first-order valence-electron chi connectivity index (χ1n) is 8.85. The molecule has 2 aromatic rings. The number of piperidine rings is 1. The van der Waals surface area contributed by atoms with Crippen molar-refractivity contribution < 1.29 is 9.47 Å². The lowest BCUT2D eigenvalue weighted by Gasteiger charge is -2.41. The van der Waals surface area contributed by atoms with Crippen LogP contribution in [0.1, 0.15) is 12.8 Å². The quantitative estimate of drug-likeness (QED) is 0.866. The molecule has 0 saturated carbocycles. The molecule has 1 atom stereocenters. The fourth-order valence-electron chi connectivity index (χ4n) is 3.80. The second kappa shape index (κ2) is 6.95. The summed E-state index contributed by atoms with van der Waals surface area (Å²) in [6.45, 7) is 6.01. The number of hydrogen-bond acceptors (Lipinski definition) is 5. The maximum Gasteiger partial charge on any atom is 0.129 e. The fraction of sp³-hybridized carbons (Fsp3) is 0.526. The number of rotatable bonds is 3. The van der Waals surface area contributed by atoms with Crippen molar-refractivity contribution in [3.05, 3.63) is 30.3 Å². The number of benzene rings is 1. The van der Waals surface area contributed by atoms with Crippen LogP contribution in [-0.2, 0) is 4.74 Å². The van der Waals surface area contributed by atoms with E-state index in [1.165, 1.54) is 12.8 Å². The average Bonchev–Trinajstić information content (AvgIpc) is 2.68. The molecule has 1 unspecified atom stereocenters. The second-order valence-electron chi connectivity index (χ2n) is 6.62. The fourth-order valence-corrected chi connectivity index (χ4v) is 3.80. The van der Waals surface area contributed by atoms with E-state index in [1.807, 2.05) is 18.2 Å². The van der Waals surface area contributed by atoms with Crippen molar-refractivity contribution in [3.8, 4) is 5.75 Å². The Morgan fingerprint density at radius 3 is 2.83 bits per heavy atom. The van der Waals surface area contributed by atoms with E-state index >= 15 is 0 Å². The van der Waals surface area contributed by atoms with Gasteiger partial charge in [0.05, 0.1) is 25.8 Å². The van der Waals surface area contributed by atoms with Gasteiger partial charge in [-0.25, -0.2) is 4.98 Å². The summed E-state index contributed by atoms with van der Waals surface area (Å²) in [5.41, 5.74) is 1.03. The van der Waals surface area contributed by atoms with Crippen molar-refractivity contribution in [2.75, 3.05) is 51.4 Å². The van der Waals surface area contributed by atoms with E-state index in [2.05, 4.69) is 21.9 Å². The number of nitrogens with zero attached hydrogens (tertiary/aromatic N) is 3. The minimum absolute atomic E-state index is 0.621. The molecular formula is C19H25N3O2. The van der Waals surface area contributed by atoms with Crippen molar-refractivity contribution in [3.63, 3.8) is 0 Å². The van der Waals surface area contributed by atoms with Gasteiger partial charge in [0.25, 0.3) is 0 Å². The molecule has 5 heteroatoms. The second-order valence-corrected chi connectivity index (χ2v) is 6.62. The van der Waals surface area contributed by atoms with Gasteiger partial charge in [-0.1, -0.05) is 0 Å². The molecule has 0 aliphatic carbocycles. The molecular weight excluding hydrogens is 302 g/mol. The van der Waals surface area contributed by atoms with E-state index < -0.39 is 0 Å². The Bertz CT molecular complexity index is 700. The van der Waals surface area contributed by atoms with Crippen molar-refractivity contribution >= 4 is 16.7 Å². The van der Waals surface area contributed by atoms with E-state index in [9.17, 15) is 0 Å². The highest BCUT2D eigenvalue weighted by atomic mass is 16.5. The molecule has 2 fully saturated rings. The summed E-state index contributed by atoms with van der Waals surface area (Å²) in [7, 11) is 1.70. The highest BCUT2D eigenvalue weighted by Crippen LogP contribution is 2.25. The van der Waals surface area contributed by atoms with Crippen molar-refractivity contribution in [2.24, 2.45) is 0 Å². The Kier molecular flexibility index (Phi) is 4.54. The monoisotopic (exact) mass is 327 g/mol. The zero-order chi connectivity index (χ0) is 16.4. The van der Waals surface area contributed by atoms with Crippen molar-refractivity contribution in [1.82, 2.24) is 9.88 Å². The molecule has 3 heterocycles. The molecule has 0 amide bonds. The van der Waals surface area contributed by atoms with Gasteiger partial charge in [-0.05, 0) is 43.2 Å². The normalized spacial score (nSPS) is 22.7. The maximum atomic E-state index is 5.49. The molecule has 24 heavy (non-hydrogen) atoms. The van der Waals surface area contributed by atoms with Crippen LogP contribution < -0.4 is 9.64 Å². The molecule has 1 aromatic heterocycles. The predicted molar refractivity (Wildman–Crippen MR) is 95.9 cm³/mol. The van der Waals surface area contributed by atoms with Gasteiger partial charge in [-0.3, -0.25) is 4.90 Å². The van der Waals surface area contributed by atoms with Crippen LogP contribution in [0, 0.1) is 0 Å². The van der Waals surface area contributed by atoms with Crippen LogP contribution in [0.3, 0.4) is 0 Å². The van der Waals surface area contributed by atoms with Gasteiger partial charge in [0.15, 0.2) is 0 Å². The van der Waals surface area contributed by atoms with E-state index in [1.54, 1.807) is 7.11 Å². The number of anilines is 1. The lowest BCUT2D eigenvalue weighted by Crippen LogP contribution is -2.51. The summed E-state index contributed by atoms with van der Waals surface area (Å²) >= 11 is 0. The van der Waals surface area contributed by atoms with Gasteiger partial charge in [-0.2, -0.15) is 0 Å². The van der Waals surface area contributed by atoms with E-state index in [0.29, 0.717) is 6.04 Å². The number of fused-ring (bicyclic) bond motifs is 1. The first-order valence-corrected chi connectivity index (χ1v) is 8.85. The molecule has 2 saturated heterocycles. The minimum atomic E-state index is 0.621. The summed E-state index contributed by atoms with van der Waals surface area (Å²) in [4.78, 5) is 9.90. The Labute approximate surface area is 143 Å². The summed E-state index contributed by atoms with van der Waals surface area (Å²) < 4.78 is 10.8. The van der Waals surface area contributed by atoms with Crippen LogP contribution in [0.2, 0.25) is 0 Å². The number of hydrogen-bond donors (Lipinski definition) is 0. The number of ether oxygens (including phenoxy) is 2. The van der Waals surface area contributed by atoms with Crippen molar-refractivity contribution in [2.45, 2.75) is 18.9 Å². The van der Waals surface area contributed by atoms with E-state index in [4.69, 9.17) is 14.5 Å². The van der Waals surface area contributed by atoms with E-state index in [0.717, 1.165) is 61.9 Å². The molecule has 0 bridgehead atoms. The van der Waals surface area contributed by atoms with Crippen LogP contribution in [0.25, 0.3) is 10.9 Å². The molecule has 0 N–H and O–H groups in total. The van der Waals surface area contributed by atoms with Gasteiger partial charge in [0.1, 0.15) is 11.6 Å². The highest BCUT2D eigenvalue weighted by molar-refractivity contribution is 5.81. The molecule has 2 aliphatic rings. The standard InChI is InChI=1S/C19H25N3O2/c1-23-17-5-6-18-15(13-17)4-7-19(20-18)22-8-2-3-16(14-22)21-9-11-24-12-10-21/h4-7,13,16H,2-3,8-12,14H2,1H3. The number of morpholine rings is 1. The van der Waals surface area contributed by atoms with Gasteiger partial charge < -0.3 is 14.4 Å².